The molecular formula is C16H18ClN3O4. The largest absolute Gasteiger partial charge is 0.494 e. The van der Waals surface area contributed by atoms with E-state index >= 15 is 0 Å². The number of hydrogen-bond acceptors (Lipinski definition) is 5. The van der Waals surface area contributed by atoms with Crippen LogP contribution >= 0.6 is 11.6 Å². The fourth-order valence-electron chi connectivity index (χ4n) is 2.47. The second-order valence-electron chi connectivity index (χ2n) is 5.23. The van der Waals surface area contributed by atoms with Gasteiger partial charge < -0.3 is 20.5 Å². The first kappa shape index (κ1) is 17.8. The van der Waals surface area contributed by atoms with E-state index in [0.717, 1.165) is 5.57 Å². The molecule has 0 aromatic carbocycles. The van der Waals surface area contributed by atoms with Crippen molar-refractivity contribution < 1.29 is 19.4 Å². The molecule has 1 aromatic heterocycles. The van der Waals surface area contributed by atoms with Crippen LogP contribution in [0.3, 0.4) is 0 Å². The molecule has 1 aromatic rings. The molecule has 1 aliphatic carbocycles. The predicted octanol–water partition coefficient (Wildman–Crippen LogP) is 2.56. The van der Waals surface area contributed by atoms with E-state index in [4.69, 9.17) is 16.3 Å². The van der Waals surface area contributed by atoms with Crippen molar-refractivity contribution in [3.63, 3.8) is 0 Å². The number of anilines is 1. The molecule has 3 N–H and O–H groups in total. The molecule has 8 heteroatoms. The van der Waals surface area contributed by atoms with E-state index in [1.807, 2.05) is 6.92 Å². The van der Waals surface area contributed by atoms with Crippen LogP contribution in [0.1, 0.15) is 30.1 Å². The summed E-state index contributed by atoms with van der Waals surface area (Å²) in [4.78, 5) is 27.3. The third-order valence-electron chi connectivity index (χ3n) is 3.74. The third-order valence-corrected chi connectivity index (χ3v) is 3.95. The fourth-order valence-corrected chi connectivity index (χ4v) is 2.63. The number of halogens is 1. The first-order valence-electron chi connectivity index (χ1n) is 7.24. The molecule has 0 spiro atoms. The number of nitrogens with zero attached hydrogens (tertiary/aromatic N) is 1. The lowest BCUT2D eigenvalue weighted by Gasteiger charge is -2.24. The van der Waals surface area contributed by atoms with E-state index in [0.29, 0.717) is 29.8 Å². The Kier molecular flexibility index (Phi) is 5.46. The van der Waals surface area contributed by atoms with Crippen molar-refractivity contribution in [2.24, 2.45) is 0 Å². The van der Waals surface area contributed by atoms with Crippen LogP contribution in [-0.2, 0) is 9.53 Å². The lowest BCUT2D eigenvalue weighted by atomic mass is 9.95. The number of carbonyl (C=O) groups excluding carboxylic acids is 1. The Morgan fingerprint density at radius 1 is 1.38 bits per heavy atom. The van der Waals surface area contributed by atoms with E-state index in [1.54, 1.807) is 0 Å². The minimum absolute atomic E-state index is 0.187. The third kappa shape index (κ3) is 3.51. The number of pyridine rings is 1. The first-order chi connectivity index (χ1) is 11.4. The number of nitrogens with one attached hydrogen (secondary N) is 2. The van der Waals surface area contributed by atoms with E-state index in [2.05, 4.69) is 15.6 Å². The summed E-state index contributed by atoms with van der Waals surface area (Å²) >= 11 is 5.93. The maximum atomic E-state index is 12.0. The highest BCUT2D eigenvalue weighted by Crippen LogP contribution is 2.33. The summed E-state index contributed by atoms with van der Waals surface area (Å²) in [6.07, 6.45) is 2.32. The van der Waals surface area contributed by atoms with Crippen LogP contribution < -0.4 is 10.6 Å². The number of methoxy groups -OCH3 is 1. The SMILES string of the molecule is CNC(=O)c1cnc(Cl)cc1NC1=C(C)CCC(C(=O)O)=C1OC. The van der Waals surface area contributed by atoms with Gasteiger partial charge in [0.1, 0.15) is 5.15 Å². The summed E-state index contributed by atoms with van der Waals surface area (Å²) in [6.45, 7) is 1.88. The van der Waals surface area contributed by atoms with Crippen molar-refractivity contribution in [1.82, 2.24) is 10.3 Å². The highest BCUT2D eigenvalue weighted by Gasteiger charge is 2.26. The molecule has 0 radical (unpaired) electrons. The van der Waals surface area contributed by atoms with Crippen LogP contribution in [-0.4, -0.2) is 36.1 Å². The quantitative estimate of drug-likeness (QED) is 0.705. The number of rotatable bonds is 5. The molecule has 24 heavy (non-hydrogen) atoms. The van der Waals surface area contributed by atoms with Crippen LogP contribution in [0.4, 0.5) is 5.69 Å². The van der Waals surface area contributed by atoms with Gasteiger partial charge in [-0.25, -0.2) is 9.78 Å². The molecule has 1 aliphatic rings. The number of amides is 1. The Bertz CT molecular complexity index is 756. The van der Waals surface area contributed by atoms with Crippen LogP contribution in [0.2, 0.25) is 5.15 Å². The average molecular weight is 352 g/mol. The maximum Gasteiger partial charge on any atom is 0.335 e. The van der Waals surface area contributed by atoms with Crippen LogP contribution in [0.5, 0.6) is 0 Å². The molecule has 2 rings (SSSR count). The van der Waals surface area contributed by atoms with E-state index in [1.165, 1.54) is 26.4 Å². The second-order valence-corrected chi connectivity index (χ2v) is 5.62. The molecule has 0 saturated heterocycles. The highest BCUT2D eigenvalue weighted by atomic mass is 35.5. The molecule has 0 bridgehead atoms. The number of carboxylic acid groups (broad SMARTS) is 1. The molecule has 0 aliphatic heterocycles. The van der Waals surface area contributed by atoms with Crippen LogP contribution in [0, 0.1) is 0 Å². The standard InChI is InChI=1S/C16H18ClN3O4/c1-8-4-5-9(16(22)23)14(24-3)13(8)20-11-6-12(17)19-7-10(11)15(21)18-2/h6-7H,4-5H2,1-3H3,(H,18,21)(H,19,20)(H,22,23). The van der Waals surface area contributed by atoms with Gasteiger partial charge in [-0.05, 0) is 31.4 Å². The summed E-state index contributed by atoms with van der Waals surface area (Å²) in [6, 6.07) is 1.51. The van der Waals surface area contributed by atoms with Gasteiger partial charge in [0.15, 0.2) is 5.76 Å². The van der Waals surface area contributed by atoms with Crippen molar-refractivity contribution in [3.05, 3.63) is 45.6 Å². The van der Waals surface area contributed by atoms with Crippen LogP contribution in [0.25, 0.3) is 0 Å². The van der Waals surface area contributed by atoms with Gasteiger partial charge in [0.05, 0.1) is 29.6 Å². The van der Waals surface area contributed by atoms with Gasteiger partial charge in [-0.2, -0.15) is 0 Å². The number of aromatic nitrogens is 1. The number of ether oxygens (including phenoxy) is 1. The lowest BCUT2D eigenvalue weighted by Crippen LogP contribution is -2.22. The zero-order valence-corrected chi connectivity index (χ0v) is 14.3. The maximum absolute atomic E-state index is 12.0. The first-order valence-corrected chi connectivity index (χ1v) is 7.62. The van der Waals surface area contributed by atoms with Gasteiger partial charge in [-0.3, -0.25) is 4.79 Å². The molecule has 0 fully saturated rings. The van der Waals surface area contributed by atoms with E-state index in [9.17, 15) is 14.7 Å². The smallest absolute Gasteiger partial charge is 0.335 e. The second kappa shape index (κ2) is 7.35. The summed E-state index contributed by atoms with van der Waals surface area (Å²) < 4.78 is 5.31. The zero-order chi connectivity index (χ0) is 17.9. The topological polar surface area (TPSA) is 101 Å². The number of carbonyl (C=O) groups is 2. The van der Waals surface area contributed by atoms with Crippen molar-refractivity contribution in [3.8, 4) is 0 Å². The van der Waals surface area contributed by atoms with E-state index < -0.39 is 5.97 Å². The monoisotopic (exact) mass is 351 g/mol. The molecule has 1 heterocycles. The predicted molar refractivity (Wildman–Crippen MR) is 89.9 cm³/mol. The molecule has 7 nitrogen and oxygen atoms in total. The minimum atomic E-state index is -1.03. The lowest BCUT2D eigenvalue weighted by molar-refractivity contribution is -0.133. The van der Waals surface area contributed by atoms with E-state index in [-0.39, 0.29) is 22.4 Å². The van der Waals surface area contributed by atoms with Gasteiger partial charge in [0.25, 0.3) is 5.91 Å². The zero-order valence-electron chi connectivity index (χ0n) is 13.6. The summed E-state index contributed by atoms with van der Waals surface area (Å²) in [5.41, 5.74) is 2.35. The molecule has 0 atom stereocenters. The van der Waals surface area contributed by atoms with Crippen LogP contribution in [0.15, 0.2) is 34.9 Å². The Morgan fingerprint density at radius 3 is 2.67 bits per heavy atom. The van der Waals surface area contributed by atoms with Gasteiger partial charge >= 0.3 is 5.97 Å². The molecule has 0 saturated carbocycles. The fraction of sp³-hybridized carbons (Fsp3) is 0.312. The van der Waals surface area contributed by atoms with Gasteiger partial charge in [-0.15, -0.1) is 0 Å². The number of carboxylic acids is 1. The average Bonchev–Trinajstić information content (AvgIpc) is 2.55. The Balaban J connectivity index is 2.51. The molecule has 1 amide bonds. The summed E-state index contributed by atoms with van der Waals surface area (Å²) in [7, 11) is 2.92. The van der Waals surface area contributed by atoms with Crippen molar-refractivity contribution >= 4 is 29.2 Å². The number of hydrogen-bond donors (Lipinski definition) is 3. The molecule has 128 valence electrons. The van der Waals surface area contributed by atoms with Gasteiger partial charge in [-0.1, -0.05) is 11.6 Å². The Hall–Kier alpha value is -2.54. The summed E-state index contributed by atoms with van der Waals surface area (Å²) in [5, 5.41) is 15.2. The molecular weight excluding hydrogens is 334 g/mol. The van der Waals surface area contributed by atoms with Gasteiger partial charge in [0, 0.05) is 13.2 Å². The van der Waals surface area contributed by atoms with Crippen molar-refractivity contribution in [2.75, 3.05) is 19.5 Å². The molecule has 0 unspecified atom stereocenters. The number of aliphatic carboxylic acids is 1. The summed E-state index contributed by atoms with van der Waals surface area (Å²) in [5.74, 6) is -1.11. The highest BCUT2D eigenvalue weighted by molar-refractivity contribution is 6.29. The Morgan fingerprint density at radius 2 is 2.08 bits per heavy atom. The normalized spacial score (nSPS) is 14.5. The number of allylic oxidation sites excluding steroid dienone is 1. The minimum Gasteiger partial charge on any atom is -0.494 e. The van der Waals surface area contributed by atoms with Gasteiger partial charge in [0.2, 0.25) is 0 Å². The Labute approximate surface area is 144 Å². The van der Waals surface area contributed by atoms with Crippen molar-refractivity contribution in [2.45, 2.75) is 19.8 Å². The van der Waals surface area contributed by atoms with Crippen molar-refractivity contribution in [1.29, 1.82) is 0 Å².